The Morgan fingerprint density at radius 3 is 1.39 bits per heavy atom. The summed E-state index contributed by atoms with van der Waals surface area (Å²) in [5, 5.41) is 18.8. The molecule has 0 rings (SSSR count). The Labute approximate surface area is 274 Å². The van der Waals surface area contributed by atoms with Gasteiger partial charge in [-0.25, -0.2) is 0 Å². The third kappa shape index (κ3) is 34.0. The van der Waals surface area contributed by atoms with Crippen LogP contribution >= 0.6 is 0 Å². The van der Waals surface area contributed by atoms with Crippen LogP contribution in [0.4, 0.5) is 0 Å². The fourth-order valence-electron chi connectivity index (χ4n) is 5.68. The smallest absolute Gasteiger partial charge is 0.308 e. The highest BCUT2D eigenvalue weighted by Crippen LogP contribution is 2.16. The van der Waals surface area contributed by atoms with Gasteiger partial charge >= 0.3 is 5.97 Å². The summed E-state index contributed by atoms with van der Waals surface area (Å²) in [6.07, 6.45) is 39.9. The number of aliphatic hydroxyl groups excluding tert-OH is 2. The lowest BCUT2D eigenvalue weighted by molar-refractivity contribution is -0.186. The van der Waals surface area contributed by atoms with Gasteiger partial charge < -0.3 is 19.7 Å². The molecule has 2 atom stereocenters. The molecule has 0 aromatic rings. The van der Waals surface area contributed by atoms with Gasteiger partial charge in [0.05, 0.1) is 13.2 Å². The van der Waals surface area contributed by atoms with Gasteiger partial charge in [-0.1, -0.05) is 167 Å². The van der Waals surface area contributed by atoms with Gasteiger partial charge in [0.25, 0.3) is 0 Å². The van der Waals surface area contributed by atoms with E-state index in [1.807, 2.05) is 0 Å². The molecule has 0 heterocycles. The molecule has 0 aromatic heterocycles. The number of rotatable bonds is 36. The van der Waals surface area contributed by atoms with Gasteiger partial charge in [0, 0.05) is 12.8 Å². The normalized spacial score (nSPS) is 13.1. The summed E-state index contributed by atoms with van der Waals surface area (Å²) in [7, 11) is 0. The maximum Gasteiger partial charge on any atom is 0.308 e. The first-order valence-electron chi connectivity index (χ1n) is 19.4. The average Bonchev–Trinajstić information content (AvgIpc) is 3.03. The minimum atomic E-state index is -0.944. The summed E-state index contributed by atoms with van der Waals surface area (Å²) in [4.78, 5) is 12.4. The molecule has 262 valence electrons. The third-order valence-electron chi connectivity index (χ3n) is 8.63. The van der Waals surface area contributed by atoms with Crippen molar-refractivity contribution in [1.82, 2.24) is 0 Å². The van der Waals surface area contributed by atoms with Crippen molar-refractivity contribution in [3.8, 4) is 0 Å². The number of unbranched alkanes of at least 4 members (excludes halogenated alkanes) is 25. The fourth-order valence-corrected chi connectivity index (χ4v) is 5.68. The molecule has 2 N–H and O–H groups in total. The largest absolute Gasteiger partial charge is 0.436 e. The van der Waals surface area contributed by atoms with Crippen molar-refractivity contribution in [3.63, 3.8) is 0 Å². The van der Waals surface area contributed by atoms with Gasteiger partial charge in [-0.15, -0.1) is 0 Å². The highest BCUT2D eigenvalue weighted by atomic mass is 16.7. The molecule has 0 saturated carbocycles. The molecule has 0 aliphatic carbocycles. The van der Waals surface area contributed by atoms with Crippen LogP contribution in [0.15, 0.2) is 12.2 Å². The SMILES string of the molecule is CCCCCCCC/C=C\CCCCCCCC(OCC(O)CO)OC(=O)CCCCCCCCCCCCCCCCC. The van der Waals surface area contributed by atoms with Crippen LogP contribution in [-0.4, -0.2) is 41.8 Å². The fraction of sp³-hybridized carbons (Fsp3) is 0.923. The number of hydrogen-bond acceptors (Lipinski definition) is 5. The number of allylic oxidation sites excluding steroid dienone is 2. The highest BCUT2D eigenvalue weighted by molar-refractivity contribution is 5.69. The van der Waals surface area contributed by atoms with E-state index in [1.54, 1.807) is 0 Å². The Balaban J connectivity index is 3.81. The summed E-state index contributed by atoms with van der Waals surface area (Å²) in [6, 6.07) is 0. The van der Waals surface area contributed by atoms with Gasteiger partial charge in [-0.2, -0.15) is 0 Å². The first-order valence-corrected chi connectivity index (χ1v) is 19.4. The second-order valence-corrected chi connectivity index (χ2v) is 13.2. The minimum Gasteiger partial charge on any atom is -0.436 e. The zero-order chi connectivity index (χ0) is 32.2. The van der Waals surface area contributed by atoms with Crippen molar-refractivity contribution in [2.75, 3.05) is 13.2 Å². The van der Waals surface area contributed by atoms with Crippen molar-refractivity contribution in [2.24, 2.45) is 0 Å². The molecule has 44 heavy (non-hydrogen) atoms. The molecular weight excluding hydrogens is 548 g/mol. The van der Waals surface area contributed by atoms with E-state index < -0.39 is 12.4 Å². The number of carbonyl (C=O) groups excluding carboxylic acids is 1. The van der Waals surface area contributed by atoms with Crippen molar-refractivity contribution in [3.05, 3.63) is 12.2 Å². The lowest BCUT2D eigenvalue weighted by atomic mass is 10.0. The Bertz CT molecular complexity index is 593. The zero-order valence-corrected chi connectivity index (χ0v) is 29.6. The predicted molar refractivity (Wildman–Crippen MR) is 188 cm³/mol. The molecule has 0 aliphatic heterocycles. The van der Waals surface area contributed by atoms with Gasteiger partial charge in [0.15, 0.2) is 0 Å². The molecule has 0 aliphatic rings. The van der Waals surface area contributed by atoms with Crippen molar-refractivity contribution < 1.29 is 24.5 Å². The van der Waals surface area contributed by atoms with E-state index in [2.05, 4.69) is 26.0 Å². The van der Waals surface area contributed by atoms with E-state index >= 15 is 0 Å². The van der Waals surface area contributed by atoms with Gasteiger partial charge in [0.2, 0.25) is 6.29 Å². The monoisotopic (exact) mass is 625 g/mol. The van der Waals surface area contributed by atoms with E-state index in [-0.39, 0.29) is 19.2 Å². The number of aliphatic hydroxyl groups is 2. The summed E-state index contributed by atoms with van der Waals surface area (Å²) >= 11 is 0. The molecule has 0 aromatic carbocycles. The lowest BCUT2D eigenvalue weighted by Gasteiger charge is -2.20. The van der Waals surface area contributed by atoms with E-state index in [9.17, 15) is 9.90 Å². The second kappa shape index (κ2) is 36.6. The number of esters is 1. The Kier molecular flexibility index (Phi) is 35.8. The standard InChI is InChI=1S/C39H76O5/c1-3-5-7-9-11-13-15-17-19-21-23-25-27-29-31-33-38(42)44-39(43-36-37(41)35-40)34-32-30-28-26-24-22-20-18-16-14-12-10-8-6-4-2/h18,20,37,39-41H,3-17,19,21-36H2,1-2H3/b20-18-. The van der Waals surface area contributed by atoms with Crippen LogP contribution in [0.5, 0.6) is 0 Å². The van der Waals surface area contributed by atoms with Crippen LogP contribution in [-0.2, 0) is 14.3 Å². The van der Waals surface area contributed by atoms with Gasteiger partial charge in [-0.3, -0.25) is 4.79 Å². The predicted octanol–water partition coefficient (Wildman–Crippen LogP) is 11.5. The number of hydrogen-bond donors (Lipinski definition) is 2. The Morgan fingerprint density at radius 1 is 0.568 bits per heavy atom. The van der Waals surface area contributed by atoms with Crippen LogP contribution in [0.25, 0.3) is 0 Å². The lowest BCUT2D eigenvalue weighted by Crippen LogP contribution is -2.28. The molecular formula is C39H76O5. The van der Waals surface area contributed by atoms with Crippen LogP contribution in [0.1, 0.15) is 206 Å². The Morgan fingerprint density at radius 2 is 0.955 bits per heavy atom. The summed E-state index contributed by atoms with van der Waals surface area (Å²) in [5.74, 6) is -0.212. The quantitative estimate of drug-likeness (QED) is 0.0314. The molecule has 0 fully saturated rings. The van der Waals surface area contributed by atoms with Crippen molar-refractivity contribution >= 4 is 5.97 Å². The highest BCUT2D eigenvalue weighted by Gasteiger charge is 2.16. The molecule has 5 heteroatoms. The van der Waals surface area contributed by atoms with E-state index in [0.29, 0.717) is 12.8 Å². The van der Waals surface area contributed by atoms with Gasteiger partial charge in [-0.05, 0) is 38.5 Å². The van der Waals surface area contributed by atoms with E-state index in [1.165, 1.54) is 148 Å². The maximum atomic E-state index is 12.4. The molecule has 2 unspecified atom stereocenters. The number of ether oxygens (including phenoxy) is 2. The average molecular weight is 625 g/mol. The second-order valence-electron chi connectivity index (χ2n) is 13.2. The third-order valence-corrected chi connectivity index (χ3v) is 8.63. The van der Waals surface area contributed by atoms with Crippen LogP contribution in [0, 0.1) is 0 Å². The minimum absolute atomic E-state index is 0.0154. The van der Waals surface area contributed by atoms with Crippen LogP contribution in [0.2, 0.25) is 0 Å². The maximum absolute atomic E-state index is 12.4. The summed E-state index contributed by atoms with van der Waals surface area (Å²) < 4.78 is 11.3. The number of carbonyl (C=O) groups is 1. The molecule has 0 radical (unpaired) electrons. The van der Waals surface area contributed by atoms with Crippen LogP contribution in [0.3, 0.4) is 0 Å². The van der Waals surface area contributed by atoms with E-state index in [0.717, 1.165) is 32.1 Å². The van der Waals surface area contributed by atoms with Crippen molar-refractivity contribution in [2.45, 2.75) is 219 Å². The molecule has 5 nitrogen and oxygen atoms in total. The van der Waals surface area contributed by atoms with Crippen LogP contribution < -0.4 is 0 Å². The molecule has 0 saturated heterocycles. The molecule has 0 bridgehead atoms. The first kappa shape index (κ1) is 43.1. The van der Waals surface area contributed by atoms with E-state index in [4.69, 9.17) is 14.6 Å². The van der Waals surface area contributed by atoms with Crippen molar-refractivity contribution in [1.29, 1.82) is 0 Å². The topological polar surface area (TPSA) is 76.0 Å². The first-order chi connectivity index (χ1) is 21.6. The van der Waals surface area contributed by atoms with Gasteiger partial charge in [0.1, 0.15) is 6.10 Å². The summed E-state index contributed by atoms with van der Waals surface area (Å²) in [6.45, 7) is 4.17. The zero-order valence-electron chi connectivity index (χ0n) is 29.6. The summed E-state index contributed by atoms with van der Waals surface area (Å²) in [5.41, 5.74) is 0. The molecule has 0 spiro atoms. The Hall–Kier alpha value is -0.910. The molecule has 0 amide bonds.